The van der Waals surface area contributed by atoms with Crippen molar-refractivity contribution in [2.24, 2.45) is 5.10 Å². The molecule has 6 nitrogen and oxygen atoms in total. The van der Waals surface area contributed by atoms with Gasteiger partial charge >= 0.3 is 0 Å². The largest absolute Gasteiger partial charge is 0.507 e. The molecule has 0 aliphatic rings. The number of aromatic hydroxyl groups is 1. The van der Waals surface area contributed by atoms with Crippen molar-refractivity contribution in [2.75, 3.05) is 5.32 Å². The number of phenols is 1. The minimum atomic E-state index is -0.372. The zero-order valence-electron chi connectivity index (χ0n) is 14.0. The predicted octanol–water partition coefficient (Wildman–Crippen LogP) is 2.82. The number of para-hydroxylation sites is 1. The molecule has 0 fully saturated rings. The van der Waals surface area contributed by atoms with Gasteiger partial charge in [0.05, 0.1) is 6.21 Å². The van der Waals surface area contributed by atoms with E-state index in [2.05, 4.69) is 22.8 Å². The van der Waals surface area contributed by atoms with Crippen molar-refractivity contribution >= 4 is 23.7 Å². The Labute approximate surface area is 146 Å². The van der Waals surface area contributed by atoms with Gasteiger partial charge in [0.25, 0.3) is 0 Å². The number of amides is 2. The Bertz CT molecular complexity index is 755. The van der Waals surface area contributed by atoms with Crippen LogP contribution in [0.25, 0.3) is 0 Å². The van der Waals surface area contributed by atoms with Gasteiger partial charge < -0.3 is 10.4 Å². The topological polar surface area (TPSA) is 90.8 Å². The summed E-state index contributed by atoms with van der Waals surface area (Å²) in [6.45, 7) is 2.06. The van der Waals surface area contributed by atoms with Gasteiger partial charge in [0.1, 0.15) is 5.75 Å². The van der Waals surface area contributed by atoms with E-state index in [-0.39, 0.29) is 30.4 Å². The summed E-state index contributed by atoms with van der Waals surface area (Å²) >= 11 is 0. The number of hydrogen-bond acceptors (Lipinski definition) is 4. The molecule has 0 aromatic heterocycles. The van der Waals surface area contributed by atoms with Crippen LogP contribution in [0.2, 0.25) is 0 Å². The van der Waals surface area contributed by atoms with E-state index in [0.717, 1.165) is 6.42 Å². The summed E-state index contributed by atoms with van der Waals surface area (Å²) < 4.78 is 0. The summed E-state index contributed by atoms with van der Waals surface area (Å²) in [5, 5.41) is 16.1. The van der Waals surface area contributed by atoms with E-state index in [4.69, 9.17) is 0 Å². The highest BCUT2D eigenvalue weighted by Crippen LogP contribution is 2.12. The third kappa shape index (κ3) is 6.10. The molecule has 2 aromatic rings. The van der Waals surface area contributed by atoms with Gasteiger partial charge in [-0.2, -0.15) is 5.10 Å². The van der Waals surface area contributed by atoms with Crippen molar-refractivity contribution in [3.05, 3.63) is 59.7 Å². The van der Waals surface area contributed by atoms with Gasteiger partial charge in [-0.15, -0.1) is 0 Å². The molecular formula is C19H21N3O3. The van der Waals surface area contributed by atoms with E-state index in [0.29, 0.717) is 11.3 Å². The average Bonchev–Trinajstić information content (AvgIpc) is 2.62. The van der Waals surface area contributed by atoms with Crippen LogP contribution in [0.15, 0.2) is 53.6 Å². The second-order valence-corrected chi connectivity index (χ2v) is 5.45. The van der Waals surface area contributed by atoms with Crippen molar-refractivity contribution in [1.29, 1.82) is 0 Å². The fraction of sp³-hybridized carbons (Fsp3) is 0.211. The quantitative estimate of drug-likeness (QED) is 0.535. The number of benzene rings is 2. The van der Waals surface area contributed by atoms with Gasteiger partial charge in [0.15, 0.2) is 0 Å². The molecule has 0 unspecified atom stereocenters. The Balaban J connectivity index is 1.73. The van der Waals surface area contributed by atoms with Gasteiger partial charge in [0.2, 0.25) is 11.8 Å². The van der Waals surface area contributed by atoms with E-state index in [1.807, 2.05) is 24.3 Å². The summed E-state index contributed by atoms with van der Waals surface area (Å²) in [4.78, 5) is 23.5. The van der Waals surface area contributed by atoms with Gasteiger partial charge in [0, 0.05) is 24.1 Å². The third-order valence-corrected chi connectivity index (χ3v) is 3.55. The number of carbonyl (C=O) groups is 2. The summed E-state index contributed by atoms with van der Waals surface area (Å²) in [5.74, 6) is -0.527. The molecule has 0 spiro atoms. The van der Waals surface area contributed by atoms with Crippen LogP contribution in [0.4, 0.5) is 5.69 Å². The zero-order valence-corrected chi connectivity index (χ0v) is 14.0. The Kier molecular flexibility index (Phi) is 6.71. The molecule has 0 saturated heterocycles. The van der Waals surface area contributed by atoms with Crippen molar-refractivity contribution in [2.45, 2.75) is 26.2 Å². The minimum Gasteiger partial charge on any atom is -0.507 e. The molecule has 0 saturated carbocycles. The van der Waals surface area contributed by atoms with Crippen LogP contribution in [-0.2, 0) is 16.0 Å². The van der Waals surface area contributed by atoms with E-state index in [9.17, 15) is 14.7 Å². The smallest absolute Gasteiger partial charge is 0.240 e. The second-order valence-electron chi connectivity index (χ2n) is 5.45. The number of hydrazone groups is 1. The van der Waals surface area contributed by atoms with Gasteiger partial charge in [-0.05, 0) is 36.2 Å². The van der Waals surface area contributed by atoms with Crippen LogP contribution >= 0.6 is 0 Å². The number of phenolic OH excluding ortho intramolecular Hbond substituents is 1. The number of carbonyl (C=O) groups excluding carboxylic acids is 2. The molecule has 0 aliphatic carbocycles. The molecule has 0 radical (unpaired) electrons. The minimum absolute atomic E-state index is 0.0248. The first kappa shape index (κ1) is 18.2. The molecule has 3 N–H and O–H groups in total. The van der Waals surface area contributed by atoms with Crippen LogP contribution in [0.5, 0.6) is 5.75 Å². The number of hydrogen-bond donors (Lipinski definition) is 3. The van der Waals surface area contributed by atoms with Gasteiger partial charge in [-0.3, -0.25) is 9.59 Å². The first-order valence-electron chi connectivity index (χ1n) is 8.07. The summed E-state index contributed by atoms with van der Waals surface area (Å²) in [5.41, 5.74) is 4.73. The van der Waals surface area contributed by atoms with E-state index < -0.39 is 0 Å². The van der Waals surface area contributed by atoms with Crippen LogP contribution in [0, 0.1) is 0 Å². The Morgan fingerprint density at radius 1 is 1.04 bits per heavy atom. The third-order valence-electron chi connectivity index (χ3n) is 3.55. The Morgan fingerprint density at radius 2 is 1.72 bits per heavy atom. The lowest BCUT2D eigenvalue weighted by atomic mass is 10.1. The Morgan fingerprint density at radius 3 is 2.40 bits per heavy atom. The molecule has 2 amide bonds. The molecule has 0 heterocycles. The van der Waals surface area contributed by atoms with Crippen molar-refractivity contribution in [1.82, 2.24) is 5.43 Å². The molecule has 0 aliphatic heterocycles. The first-order valence-corrected chi connectivity index (χ1v) is 8.07. The van der Waals surface area contributed by atoms with E-state index in [1.165, 1.54) is 17.8 Å². The summed E-state index contributed by atoms with van der Waals surface area (Å²) in [6, 6.07) is 14.2. The zero-order chi connectivity index (χ0) is 18.1. The molecule has 0 bridgehead atoms. The molecule has 2 rings (SSSR count). The van der Waals surface area contributed by atoms with Crippen LogP contribution in [-0.4, -0.2) is 23.1 Å². The SMILES string of the molecule is CCc1ccc(NC(=O)CCC(=O)N/N=C\c2ccccc2O)cc1. The van der Waals surface area contributed by atoms with Crippen LogP contribution in [0.1, 0.15) is 30.9 Å². The summed E-state index contributed by atoms with van der Waals surface area (Å²) in [7, 11) is 0. The number of rotatable bonds is 7. The van der Waals surface area contributed by atoms with E-state index in [1.54, 1.807) is 18.2 Å². The normalized spacial score (nSPS) is 10.6. The summed E-state index contributed by atoms with van der Waals surface area (Å²) in [6.07, 6.45) is 2.38. The highest BCUT2D eigenvalue weighted by molar-refractivity contribution is 5.93. The second kappa shape index (κ2) is 9.22. The molecule has 2 aromatic carbocycles. The maximum atomic E-state index is 11.8. The van der Waals surface area contributed by atoms with Crippen molar-refractivity contribution in [3.8, 4) is 5.75 Å². The van der Waals surface area contributed by atoms with Gasteiger partial charge in [-0.1, -0.05) is 31.2 Å². The molecule has 130 valence electrons. The lowest BCUT2D eigenvalue weighted by Crippen LogP contribution is -2.20. The standard InChI is InChI=1S/C19H21N3O3/c1-2-14-7-9-16(10-8-14)21-18(24)11-12-19(25)22-20-13-15-5-3-4-6-17(15)23/h3-10,13,23H,2,11-12H2,1H3,(H,21,24)(H,22,25)/b20-13-. The fourth-order valence-electron chi connectivity index (χ4n) is 2.10. The lowest BCUT2D eigenvalue weighted by molar-refractivity contribution is -0.124. The van der Waals surface area contributed by atoms with Crippen molar-refractivity contribution < 1.29 is 14.7 Å². The number of aryl methyl sites for hydroxylation is 1. The number of nitrogens with zero attached hydrogens (tertiary/aromatic N) is 1. The van der Waals surface area contributed by atoms with Gasteiger partial charge in [-0.25, -0.2) is 5.43 Å². The molecular weight excluding hydrogens is 318 g/mol. The fourth-order valence-corrected chi connectivity index (χ4v) is 2.10. The average molecular weight is 339 g/mol. The maximum absolute atomic E-state index is 11.8. The highest BCUT2D eigenvalue weighted by atomic mass is 16.3. The monoisotopic (exact) mass is 339 g/mol. The highest BCUT2D eigenvalue weighted by Gasteiger charge is 2.07. The predicted molar refractivity (Wildman–Crippen MR) is 97.5 cm³/mol. The molecule has 0 atom stereocenters. The maximum Gasteiger partial charge on any atom is 0.240 e. The molecule has 6 heteroatoms. The van der Waals surface area contributed by atoms with E-state index >= 15 is 0 Å². The van der Waals surface area contributed by atoms with Crippen LogP contribution < -0.4 is 10.7 Å². The number of nitrogens with one attached hydrogen (secondary N) is 2. The van der Waals surface area contributed by atoms with Crippen LogP contribution in [0.3, 0.4) is 0 Å². The molecule has 25 heavy (non-hydrogen) atoms. The Hall–Kier alpha value is -3.15. The van der Waals surface area contributed by atoms with Crippen molar-refractivity contribution in [3.63, 3.8) is 0 Å². The lowest BCUT2D eigenvalue weighted by Gasteiger charge is -2.05. The number of anilines is 1. The first-order chi connectivity index (χ1) is 12.1.